The van der Waals surface area contributed by atoms with Crippen molar-refractivity contribution in [3.05, 3.63) is 56.5 Å². The second kappa shape index (κ2) is 6.72. The molecule has 3 rings (SSSR count). The first-order valence-corrected chi connectivity index (χ1v) is 8.17. The maximum absolute atomic E-state index is 12.3. The van der Waals surface area contributed by atoms with Gasteiger partial charge in [0.25, 0.3) is 5.56 Å². The minimum atomic E-state index is -0.00737. The molecule has 0 amide bonds. The number of nitrogens with zero attached hydrogens (tertiary/aromatic N) is 3. The van der Waals surface area contributed by atoms with E-state index in [1.54, 1.807) is 0 Å². The number of aromatic amines is 1. The topological polar surface area (TPSA) is 52.2 Å². The Hall–Kier alpha value is -1.85. The Morgan fingerprint density at radius 1 is 1.22 bits per heavy atom. The van der Waals surface area contributed by atoms with Crippen LogP contribution in [0.5, 0.6) is 0 Å². The van der Waals surface area contributed by atoms with Gasteiger partial charge in [-0.05, 0) is 24.1 Å². The van der Waals surface area contributed by atoms with Crippen LogP contribution < -0.4 is 10.5 Å². The number of halogens is 1. The van der Waals surface area contributed by atoms with Crippen molar-refractivity contribution in [1.82, 2.24) is 14.9 Å². The van der Waals surface area contributed by atoms with Crippen molar-refractivity contribution in [3.8, 4) is 0 Å². The van der Waals surface area contributed by atoms with Crippen LogP contribution in [0.25, 0.3) is 0 Å². The first-order valence-electron chi connectivity index (χ1n) is 7.79. The van der Waals surface area contributed by atoms with Crippen LogP contribution in [0.3, 0.4) is 0 Å². The maximum atomic E-state index is 12.3. The Bertz CT molecular complexity index is 739. The summed E-state index contributed by atoms with van der Waals surface area (Å²) in [5, 5.41) is 0.754. The molecule has 0 saturated heterocycles. The summed E-state index contributed by atoms with van der Waals surface area (Å²) in [6, 6.07) is 7.93. The summed E-state index contributed by atoms with van der Waals surface area (Å²) in [7, 11) is 3.77. The van der Waals surface area contributed by atoms with Gasteiger partial charge in [-0.15, -0.1) is 0 Å². The lowest BCUT2D eigenvalue weighted by molar-refractivity contribution is 0.279. The van der Waals surface area contributed by atoms with E-state index in [1.165, 1.54) is 5.56 Å². The summed E-state index contributed by atoms with van der Waals surface area (Å²) in [6.07, 6.45) is 1.53. The largest absolute Gasteiger partial charge is 0.348 e. The average molecular weight is 333 g/mol. The van der Waals surface area contributed by atoms with Crippen LogP contribution in [0.2, 0.25) is 5.02 Å². The molecule has 0 spiro atoms. The summed E-state index contributed by atoms with van der Waals surface area (Å²) in [4.78, 5) is 24.0. The van der Waals surface area contributed by atoms with Gasteiger partial charge in [0.2, 0.25) is 5.95 Å². The van der Waals surface area contributed by atoms with E-state index in [1.807, 2.05) is 31.1 Å². The van der Waals surface area contributed by atoms with E-state index in [0.29, 0.717) is 5.95 Å². The summed E-state index contributed by atoms with van der Waals surface area (Å²) < 4.78 is 0. The summed E-state index contributed by atoms with van der Waals surface area (Å²) in [5.74, 6) is 0.625. The van der Waals surface area contributed by atoms with Crippen LogP contribution in [0, 0.1) is 0 Å². The third-order valence-corrected chi connectivity index (χ3v) is 4.43. The average Bonchev–Trinajstić information content (AvgIpc) is 2.72. The van der Waals surface area contributed by atoms with Crippen molar-refractivity contribution >= 4 is 17.5 Å². The zero-order chi connectivity index (χ0) is 16.4. The molecule has 0 atom stereocenters. The van der Waals surface area contributed by atoms with Gasteiger partial charge >= 0.3 is 0 Å². The minimum absolute atomic E-state index is 0.00737. The highest BCUT2D eigenvalue weighted by Gasteiger charge is 2.19. The zero-order valence-electron chi connectivity index (χ0n) is 13.5. The van der Waals surface area contributed by atoms with E-state index < -0.39 is 0 Å². The molecule has 0 radical (unpaired) electrons. The Labute approximate surface area is 140 Å². The van der Waals surface area contributed by atoms with Crippen LogP contribution in [-0.2, 0) is 19.4 Å². The molecule has 0 fully saturated rings. The molecule has 1 aromatic heterocycles. The van der Waals surface area contributed by atoms with Crippen LogP contribution in [0.15, 0.2) is 29.1 Å². The van der Waals surface area contributed by atoms with E-state index in [9.17, 15) is 4.79 Å². The van der Waals surface area contributed by atoms with Crippen LogP contribution in [0.4, 0.5) is 5.95 Å². The van der Waals surface area contributed by atoms with Gasteiger partial charge in [-0.3, -0.25) is 14.7 Å². The van der Waals surface area contributed by atoms with Crippen molar-refractivity contribution in [2.45, 2.75) is 19.4 Å². The third-order valence-electron chi connectivity index (χ3n) is 4.17. The molecule has 0 unspecified atom stereocenters. The SMILES string of the molecule is CN(C)c1nc2c(c(=O)[nH]1)CCN(Cc1ccc(Cl)cc1)CC2. The number of benzene rings is 1. The molecular weight excluding hydrogens is 312 g/mol. The van der Waals surface area contributed by atoms with Gasteiger partial charge in [0.1, 0.15) is 0 Å². The number of hydrogen-bond acceptors (Lipinski definition) is 4. The standard InChI is InChI=1S/C17H21ClN4O/c1-21(2)17-19-15-8-10-22(9-7-14(15)16(23)20-17)11-12-3-5-13(18)6-4-12/h3-6H,7-11H2,1-2H3,(H,19,20,23). The molecule has 122 valence electrons. The fourth-order valence-corrected chi connectivity index (χ4v) is 2.99. The molecule has 0 saturated carbocycles. The van der Waals surface area contributed by atoms with Gasteiger partial charge in [-0.25, -0.2) is 4.98 Å². The molecule has 2 heterocycles. The van der Waals surface area contributed by atoms with E-state index in [4.69, 9.17) is 11.6 Å². The lowest BCUT2D eigenvalue weighted by Gasteiger charge is -2.19. The lowest BCUT2D eigenvalue weighted by atomic mass is 10.1. The van der Waals surface area contributed by atoms with Gasteiger partial charge in [0.05, 0.1) is 5.69 Å². The molecule has 1 aliphatic rings. The van der Waals surface area contributed by atoms with Crippen molar-refractivity contribution in [3.63, 3.8) is 0 Å². The van der Waals surface area contributed by atoms with Crippen molar-refractivity contribution in [1.29, 1.82) is 0 Å². The summed E-state index contributed by atoms with van der Waals surface area (Å²) in [5.41, 5.74) is 2.98. The molecule has 0 aliphatic carbocycles. The van der Waals surface area contributed by atoms with Crippen molar-refractivity contribution < 1.29 is 0 Å². The number of H-pyrrole nitrogens is 1. The number of aromatic nitrogens is 2. The molecule has 1 aliphatic heterocycles. The highest BCUT2D eigenvalue weighted by atomic mass is 35.5. The van der Waals surface area contributed by atoms with Gasteiger partial charge in [-0.1, -0.05) is 23.7 Å². The van der Waals surface area contributed by atoms with Gasteiger partial charge in [0, 0.05) is 50.7 Å². The zero-order valence-corrected chi connectivity index (χ0v) is 14.2. The second-order valence-electron chi connectivity index (χ2n) is 6.11. The van der Waals surface area contributed by atoms with E-state index in [-0.39, 0.29) is 5.56 Å². The molecule has 1 N–H and O–H groups in total. The summed E-state index contributed by atoms with van der Waals surface area (Å²) >= 11 is 5.94. The highest BCUT2D eigenvalue weighted by molar-refractivity contribution is 6.30. The summed E-state index contributed by atoms with van der Waals surface area (Å²) in [6.45, 7) is 2.63. The monoisotopic (exact) mass is 332 g/mol. The Balaban J connectivity index is 1.76. The van der Waals surface area contributed by atoms with Gasteiger partial charge in [0.15, 0.2) is 0 Å². The van der Waals surface area contributed by atoms with Crippen molar-refractivity contribution in [2.24, 2.45) is 0 Å². The quantitative estimate of drug-likeness (QED) is 0.935. The minimum Gasteiger partial charge on any atom is -0.348 e. The molecule has 23 heavy (non-hydrogen) atoms. The van der Waals surface area contributed by atoms with Gasteiger partial charge in [-0.2, -0.15) is 0 Å². The van der Waals surface area contributed by atoms with Crippen LogP contribution in [0.1, 0.15) is 16.8 Å². The smallest absolute Gasteiger partial charge is 0.255 e. The first kappa shape index (κ1) is 16.0. The second-order valence-corrected chi connectivity index (χ2v) is 6.55. The normalized spacial score (nSPS) is 15.1. The molecule has 1 aromatic carbocycles. The predicted molar refractivity (Wildman–Crippen MR) is 93.3 cm³/mol. The fraction of sp³-hybridized carbons (Fsp3) is 0.412. The van der Waals surface area contributed by atoms with Crippen LogP contribution in [-0.4, -0.2) is 42.1 Å². The predicted octanol–water partition coefficient (Wildman–Crippen LogP) is 2.09. The number of hydrogen-bond donors (Lipinski definition) is 1. The Morgan fingerprint density at radius 3 is 2.61 bits per heavy atom. The van der Waals surface area contributed by atoms with Crippen LogP contribution >= 0.6 is 11.6 Å². The first-order chi connectivity index (χ1) is 11.0. The Kier molecular flexibility index (Phi) is 4.68. The number of fused-ring (bicyclic) bond motifs is 1. The third kappa shape index (κ3) is 3.74. The molecular formula is C17H21ClN4O. The van der Waals surface area contributed by atoms with E-state index in [2.05, 4.69) is 27.0 Å². The maximum Gasteiger partial charge on any atom is 0.255 e. The molecule has 5 nitrogen and oxygen atoms in total. The molecule has 6 heteroatoms. The Morgan fingerprint density at radius 2 is 1.91 bits per heavy atom. The van der Waals surface area contributed by atoms with E-state index in [0.717, 1.165) is 48.8 Å². The molecule has 0 bridgehead atoms. The van der Waals surface area contributed by atoms with Crippen molar-refractivity contribution in [2.75, 3.05) is 32.1 Å². The fourth-order valence-electron chi connectivity index (χ4n) is 2.86. The highest BCUT2D eigenvalue weighted by Crippen LogP contribution is 2.16. The number of rotatable bonds is 3. The van der Waals surface area contributed by atoms with Gasteiger partial charge < -0.3 is 4.90 Å². The van der Waals surface area contributed by atoms with E-state index >= 15 is 0 Å². The lowest BCUT2D eigenvalue weighted by Crippen LogP contribution is -2.26. The number of nitrogens with one attached hydrogen (secondary N) is 1. The molecule has 2 aromatic rings. The number of anilines is 1.